The Labute approximate surface area is 220 Å². The van der Waals surface area contributed by atoms with Gasteiger partial charge in [0.15, 0.2) is 11.5 Å². The van der Waals surface area contributed by atoms with Gasteiger partial charge in [0.05, 0.1) is 39.6 Å². The molecule has 1 unspecified atom stereocenters. The average molecular weight is 523 g/mol. The number of carbonyl (C=O) groups is 2. The molecule has 0 spiro atoms. The standard InChI is InChI=1S/C28H30N2O6S/c1-16-6-11-20-24(12-16)37-27(29-15-18-13-22(34-3)23(35-4)14-21(18)33-2)25(20)26(31)30-19-9-7-17(8-10-19)28(32)36-5/h7-10,13-16H,6,11-12H2,1-5H3,(H,30,31)/b29-15+. The van der Waals surface area contributed by atoms with E-state index in [1.165, 1.54) is 12.0 Å². The van der Waals surface area contributed by atoms with Crippen molar-refractivity contribution in [1.82, 2.24) is 0 Å². The van der Waals surface area contributed by atoms with Crippen LogP contribution in [0.15, 0.2) is 41.4 Å². The topological polar surface area (TPSA) is 95.5 Å². The van der Waals surface area contributed by atoms with Crippen molar-refractivity contribution in [2.75, 3.05) is 33.8 Å². The zero-order chi connectivity index (χ0) is 26.5. The Hall–Kier alpha value is -3.85. The largest absolute Gasteiger partial charge is 0.496 e. The van der Waals surface area contributed by atoms with Crippen LogP contribution in [-0.2, 0) is 17.6 Å². The van der Waals surface area contributed by atoms with Crippen molar-refractivity contribution < 1.29 is 28.5 Å². The fourth-order valence-electron chi connectivity index (χ4n) is 4.34. The van der Waals surface area contributed by atoms with Crippen molar-refractivity contribution in [3.63, 3.8) is 0 Å². The summed E-state index contributed by atoms with van der Waals surface area (Å²) in [6, 6.07) is 10.1. The van der Waals surface area contributed by atoms with E-state index in [1.807, 2.05) is 0 Å². The predicted molar refractivity (Wildman–Crippen MR) is 145 cm³/mol. The third-order valence-corrected chi connectivity index (χ3v) is 7.50. The van der Waals surface area contributed by atoms with Crippen molar-refractivity contribution in [3.05, 3.63) is 63.5 Å². The third-order valence-electron chi connectivity index (χ3n) is 6.34. The summed E-state index contributed by atoms with van der Waals surface area (Å²) in [5.41, 5.74) is 3.33. The molecule has 0 aliphatic heterocycles. The summed E-state index contributed by atoms with van der Waals surface area (Å²) < 4.78 is 21.1. The van der Waals surface area contributed by atoms with E-state index in [-0.39, 0.29) is 5.91 Å². The minimum Gasteiger partial charge on any atom is -0.496 e. The average Bonchev–Trinajstić information content (AvgIpc) is 3.28. The number of benzene rings is 2. The zero-order valence-corrected chi connectivity index (χ0v) is 22.4. The SMILES string of the molecule is COC(=O)c1ccc(NC(=O)c2c(/N=C/c3cc(OC)c(OC)cc3OC)sc3c2CCC(C)C3)cc1. The van der Waals surface area contributed by atoms with Crippen molar-refractivity contribution in [1.29, 1.82) is 0 Å². The molecule has 4 rings (SSSR count). The van der Waals surface area contributed by atoms with E-state index in [4.69, 9.17) is 23.9 Å². The summed E-state index contributed by atoms with van der Waals surface area (Å²) in [6.07, 6.45) is 4.45. The molecule has 1 aliphatic rings. The van der Waals surface area contributed by atoms with Gasteiger partial charge in [0.1, 0.15) is 10.8 Å². The Kier molecular flexibility index (Phi) is 8.13. The zero-order valence-electron chi connectivity index (χ0n) is 21.5. The van der Waals surface area contributed by atoms with Crippen LogP contribution >= 0.6 is 11.3 Å². The van der Waals surface area contributed by atoms with Crippen LogP contribution in [0.2, 0.25) is 0 Å². The molecule has 0 fully saturated rings. The third kappa shape index (κ3) is 5.61. The normalized spacial score (nSPS) is 14.7. The van der Waals surface area contributed by atoms with Gasteiger partial charge in [0.25, 0.3) is 5.91 Å². The maximum Gasteiger partial charge on any atom is 0.337 e. The Morgan fingerprint density at radius 3 is 2.32 bits per heavy atom. The maximum atomic E-state index is 13.5. The van der Waals surface area contributed by atoms with Crippen molar-refractivity contribution >= 4 is 40.1 Å². The smallest absolute Gasteiger partial charge is 0.337 e. The Morgan fingerprint density at radius 1 is 1.00 bits per heavy atom. The van der Waals surface area contributed by atoms with Gasteiger partial charge in [-0.15, -0.1) is 11.3 Å². The number of hydrogen-bond acceptors (Lipinski definition) is 8. The molecule has 9 heteroatoms. The molecule has 2 aromatic carbocycles. The Balaban J connectivity index is 1.69. The first-order valence-electron chi connectivity index (χ1n) is 11.9. The Bertz CT molecular complexity index is 1330. The summed E-state index contributed by atoms with van der Waals surface area (Å²) in [6.45, 7) is 2.22. The second-order valence-corrected chi connectivity index (χ2v) is 9.85. The number of esters is 1. The number of aliphatic imine (C=N–C) groups is 1. The second-order valence-electron chi connectivity index (χ2n) is 8.76. The van der Waals surface area contributed by atoms with Gasteiger partial charge in [-0.25, -0.2) is 9.79 Å². The van der Waals surface area contributed by atoms with Crippen molar-refractivity contribution in [2.45, 2.75) is 26.2 Å². The highest BCUT2D eigenvalue weighted by molar-refractivity contribution is 7.16. The number of carbonyl (C=O) groups excluding carboxylic acids is 2. The lowest BCUT2D eigenvalue weighted by Gasteiger charge is -2.18. The molecule has 1 aromatic heterocycles. The molecule has 1 atom stereocenters. The fourth-order valence-corrected chi connectivity index (χ4v) is 5.70. The van der Waals surface area contributed by atoms with Crippen LogP contribution in [-0.4, -0.2) is 46.5 Å². The number of nitrogens with zero attached hydrogens (tertiary/aromatic N) is 1. The number of methoxy groups -OCH3 is 4. The van der Waals surface area contributed by atoms with Crippen LogP contribution in [0.5, 0.6) is 17.2 Å². The minimum atomic E-state index is -0.430. The summed E-state index contributed by atoms with van der Waals surface area (Å²) in [5, 5.41) is 3.60. The number of amides is 1. The summed E-state index contributed by atoms with van der Waals surface area (Å²) in [7, 11) is 6.04. The predicted octanol–water partition coefficient (Wildman–Crippen LogP) is 5.69. The van der Waals surface area contributed by atoms with Crippen LogP contribution in [0.4, 0.5) is 10.7 Å². The van der Waals surface area contributed by atoms with Crippen LogP contribution < -0.4 is 19.5 Å². The molecule has 1 amide bonds. The van der Waals surface area contributed by atoms with Crippen LogP contribution in [0, 0.1) is 5.92 Å². The summed E-state index contributed by atoms with van der Waals surface area (Å²) in [5.74, 6) is 1.57. The fraction of sp³-hybridized carbons (Fsp3) is 0.321. The van der Waals surface area contributed by atoms with Crippen LogP contribution in [0.1, 0.15) is 50.1 Å². The molecule has 1 N–H and O–H groups in total. The highest BCUT2D eigenvalue weighted by Crippen LogP contribution is 2.42. The minimum absolute atomic E-state index is 0.232. The molecular weight excluding hydrogens is 492 g/mol. The monoisotopic (exact) mass is 522 g/mol. The summed E-state index contributed by atoms with van der Waals surface area (Å²) in [4.78, 5) is 31.2. The van der Waals surface area contributed by atoms with Crippen molar-refractivity contribution in [3.8, 4) is 17.2 Å². The first-order valence-corrected chi connectivity index (χ1v) is 12.7. The molecule has 0 bridgehead atoms. The van der Waals surface area contributed by atoms with E-state index >= 15 is 0 Å². The van der Waals surface area contributed by atoms with Gasteiger partial charge in [-0.3, -0.25) is 4.79 Å². The molecule has 0 saturated heterocycles. The lowest BCUT2D eigenvalue weighted by atomic mass is 9.88. The second kappa shape index (κ2) is 11.5. The van der Waals surface area contributed by atoms with E-state index in [2.05, 4.69) is 12.2 Å². The lowest BCUT2D eigenvalue weighted by molar-refractivity contribution is 0.0600. The Morgan fingerprint density at radius 2 is 1.68 bits per heavy atom. The van der Waals surface area contributed by atoms with E-state index in [1.54, 1.807) is 75.3 Å². The van der Waals surface area contributed by atoms with Gasteiger partial charge in [-0.05, 0) is 61.1 Å². The van der Waals surface area contributed by atoms with Gasteiger partial charge in [0.2, 0.25) is 0 Å². The molecule has 37 heavy (non-hydrogen) atoms. The van der Waals surface area contributed by atoms with Gasteiger partial charge >= 0.3 is 5.97 Å². The number of ether oxygens (including phenoxy) is 4. The number of nitrogens with one attached hydrogen (secondary N) is 1. The molecule has 0 saturated carbocycles. The van der Waals surface area contributed by atoms with Gasteiger partial charge in [-0.1, -0.05) is 6.92 Å². The molecule has 8 nitrogen and oxygen atoms in total. The van der Waals surface area contributed by atoms with E-state index in [0.29, 0.717) is 50.5 Å². The quantitative estimate of drug-likeness (QED) is 0.302. The first-order chi connectivity index (χ1) is 17.9. The molecule has 0 radical (unpaired) electrons. The number of rotatable bonds is 8. The summed E-state index contributed by atoms with van der Waals surface area (Å²) >= 11 is 1.55. The lowest BCUT2D eigenvalue weighted by Crippen LogP contribution is -2.16. The van der Waals surface area contributed by atoms with Gasteiger partial charge < -0.3 is 24.3 Å². The van der Waals surface area contributed by atoms with Crippen LogP contribution in [0.3, 0.4) is 0 Å². The highest BCUT2D eigenvalue weighted by atomic mass is 32.1. The molecule has 1 aliphatic carbocycles. The number of thiophene rings is 1. The highest BCUT2D eigenvalue weighted by Gasteiger charge is 2.27. The van der Waals surface area contributed by atoms with E-state index in [9.17, 15) is 9.59 Å². The molecule has 3 aromatic rings. The number of hydrogen-bond donors (Lipinski definition) is 1. The maximum absolute atomic E-state index is 13.5. The van der Waals surface area contributed by atoms with Crippen LogP contribution in [0.25, 0.3) is 0 Å². The molecular formula is C28H30N2O6S. The van der Waals surface area contributed by atoms with Gasteiger partial charge in [0, 0.05) is 28.4 Å². The van der Waals surface area contributed by atoms with Crippen molar-refractivity contribution in [2.24, 2.45) is 10.9 Å². The first kappa shape index (κ1) is 26.2. The molecule has 194 valence electrons. The van der Waals surface area contributed by atoms with Gasteiger partial charge in [-0.2, -0.15) is 0 Å². The number of anilines is 1. The molecule has 1 heterocycles. The van der Waals surface area contributed by atoms with E-state index < -0.39 is 5.97 Å². The van der Waals surface area contributed by atoms with E-state index in [0.717, 1.165) is 24.8 Å². The number of fused-ring (bicyclic) bond motifs is 1.